The van der Waals surface area contributed by atoms with Crippen LogP contribution in [0.4, 0.5) is 5.69 Å². The minimum absolute atomic E-state index is 0.00373. The predicted molar refractivity (Wildman–Crippen MR) is 108 cm³/mol. The molecule has 6 nitrogen and oxygen atoms in total. The zero-order valence-corrected chi connectivity index (χ0v) is 16.2. The van der Waals surface area contributed by atoms with Gasteiger partial charge in [0.25, 0.3) is 11.7 Å². The molecule has 1 aliphatic rings. The van der Waals surface area contributed by atoms with Crippen LogP contribution in [0.25, 0.3) is 5.76 Å². The lowest BCUT2D eigenvalue weighted by Gasteiger charge is -2.26. The lowest BCUT2D eigenvalue weighted by atomic mass is 9.95. The molecule has 0 aromatic heterocycles. The molecule has 0 radical (unpaired) electrons. The number of aliphatic hydroxyl groups is 2. The molecule has 2 aromatic rings. The van der Waals surface area contributed by atoms with E-state index in [9.17, 15) is 19.8 Å². The first-order chi connectivity index (χ1) is 13.3. The van der Waals surface area contributed by atoms with Gasteiger partial charge in [-0.25, -0.2) is 0 Å². The number of amides is 1. The summed E-state index contributed by atoms with van der Waals surface area (Å²) in [5.74, 6) is -1.68. The van der Waals surface area contributed by atoms with Gasteiger partial charge in [0, 0.05) is 31.9 Å². The number of ketones is 1. The highest BCUT2D eigenvalue weighted by molar-refractivity contribution is 6.46. The van der Waals surface area contributed by atoms with Crippen LogP contribution in [0.3, 0.4) is 0 Å². The fourth-order valence-electron chi connectivity index (χ4n) is 3.41. The van der Waals surface area contributed by atoms with E-state index >= 15 is 0 Å². The molecule has 0 aliphatic carbocycles. The van der Waals surface area contributed by atoms with Gasteiger partial charge in [0.1, 0.15) is 5.76 Å². The number of anilines is 1. The Morgan fingerprint density at radius 2 is 1.68 bits per heavy atom. The summed E-state index contributed by atoms with van der Waals surface area (Å²) in [5.41, 5.74) is 2.17. The van der Waals surface area contributed by atoms with Crippen molar-refractivity contribution in [1.82, 2.24) is 4.90 Å². The van der Waals surface area contributed by atoms with Crippen molar-refractivity contribution in [3.05, 3.63) is 71.3 Å². The molecular formula is C22H24N2O4. The van der Waals surface area contributed by atoms with E-state index in [0.717, 1.165) is 5.69 Å². The molecule has 2 atom stereocenters. The Morgan fingerprint density at radius 3 is 2.21 bits per heavy atom. The number of hydrogen-bond donors (Lipinski definition) is 2. The molecule has 6 heteroatoms. The molecule has 1 heterocycles. The number of likely N-dealkylation sites (tertiary alicyclic amines) is 1. The Bertz CT molecular complexity index is 902. The third kappa shape index (κ3) is 3.64. The van der Waals surface area contributed by atoms with E-state index in [2.05, 4.69) is 0 Å². The quantitative estimate of drug-likeness (QED) is 0.473. The lowest BCUT2D eigenvalue weighted by molar-refractivity contribution is -0.140. The molecule has 3 rings (SSSR count). The molecule has 2 aromatic carbocycles. The second kappa shape index (κ2) is 7.86. The SMILES string of the molecule is C[C@H](O)CN1C(=O)C(=O)C(=C(O)c2ccccc2)[C@H]1c1ccc(N(C)C)cc1. The predicted octanol–water partition coefficient (Wildman–Crippen LogP) is 2.56. The van der Waals surface area contributed by atoms with Gasteiger partial charge in [-0.3, -0.25) is 9.59 Å². The van der Waals surface area contributed by atoms with Crippen molar-refractivity contribution in [2.45, 2.75) is 19.1 Å². The summed E-state index contributed by atoms with van der Waals surface area (Å²) in [6.07, 6.45) is -0.807. The molecule has 0 spiro atoms. The van der Waals surface area contributed by atoms with Crippen LogP contribution in [0, 0.1) is 0 Å². The number of β-amino-alcohol motifs (C(OH)–C–C–N with tert-alkyl or cyclic N) is 1. The number of carbonyl (C=O) groups is 2. The van der Waals surface area contributed by atoms with Crippen molar-refractivity contribution < 1.29 is 19.8 Å². The number of nitrogens with zero attached hydrogens (tertiary/aromatic N) is 2. The molecule has 0 saturated carbocycles. The normalized spacial score (nSPS) is 19.7. The molecule has 1 saturated heterocycles. The number of carbonyl (C=O) groups excluding carboxylic acids is 2. The van der Waals surface area contributed by atoms with Gasteiger partial charge in [0.2, 0.25) is 0 Å². The van der Waals surface area contributed by atoms with E-state index in [1.165, 1.54) is 4.90 Å². The topological polar surface area (TPSA) is 81.1 Å². The minimum Gasteiger partial charge on any atom is -0.507 e. The van der Waals surface area contributed by atoms with Gasteiger partial charge in [0.15, 0.2) is 0 Å². The largest absolute Gasteiger partial charge is 0.507 e. The van der Waals surface area contributed by atoms with Gasteiger partial charge < -0.3 is 20.0 Å². The molecule has 28 heavy (non-hydrogen) atoms. The first kappa shape index (κ1) is 19.6. The maximum Gasteiger partial charge on any atom is 0.295 e. The fraction of sp³-hybridized carbons (Fsp3) is 0.273. The van der Waals surface area contributed by atoms with Crippen LogP contribution in [0.15, 0.2) is 60.2 Å². The Balaban J connectivity index is 2.15. The number of aliphatic hydroxyl groups excluding tert-OH is 2. The van der Waals surface area contributed by atoms with Crippen LogP contribution >= 0.6 is 0 Å². The average Bonchev–Trinajstić information content (AvgIpc) is 2.92. The van der Waals surface area contributed by atoms with Crippen LogP contribution in [0.2, 0.25) is 0 Å². The van der Waals surface area contributed by atoms with Crippen molar-refractivity contribution in [2.24, 2.45) is 0 Å². The summed E-state index contributed by atoms with van der Waals surface area (Å²) in [5, 5.41) is 20.7. The standard InChI is InChI=1S/C22H24N2O4/c1-14(25)13-24-19(15-9-11-17(12-10-15)23(2)3)18(21(27)22(24)28)20(26)16-7-5-4-6-8-16/h4-12,14,19,25-26H,13H2,1-3H3/t14-,19+/m0/s1. The smallest absolute Gasteiger partial charge is 0.295 e. The monoisotopic (exact) mass is 380 g/mol. The highest BCUT2D eigenvalue weighted by Crippen LogP contribution is 2.39. The Labute approximate surface area is 164 Å². The van der Waals surface area contributed by atoms with Crippen molar-refractivity contribution in [2.75, 3.05) is 25.5 Å². The van der Waals surface area contributed by atoms with Crippen molar-refractivity contribution in [1.29, 1.82) is 0 Å². The van der Waals surface area contributed by atoms with Crippen molar-refractivity contribution in [3.8, 4) is 0 Å². The van der Waals surface area contributed by atoms with Crippen LogP contribution < -0.4 is 4.90 Å². The number of hydrogen-bond acceptors (Lipinski definition) is 5. The van der Waals surface area contributed by atoms with E-state index in [0.29, 0.717) is 11.1 Å². The third-order valence-corrected chi connectivity index (χ3v) is 4.77. The number of benzene rings is 2. The number of rotatable bonds is 5. The molecule has 1 aliphatic heterocycles. The van der Waals surface area contributed by atoms with Crippen LogP contribution in [-0.2, 0) is 9.59 Å². The van der Waals surface area contributed by atoms with E-state index in [1.54, 1.807) is 37.3 Å². The summed E-state index contributed by atoms with van der Waals surface area (Å²) in [6, 6.07) is 15.4. The Kier molecular flexibility index (Phi) is 5.51. The van der Waals surface area contributed by atoms with Crippen molar-refractivity contribution >= 4 is 23.1 Å². The highest BCUT2D eigenvalue weighted by Gasteiger charge is 2.46. The maximum atomic E-state index is 12.8. The molecular weight excluding hydrogens is 356 g/mol. The zero-order chi connectivity index (χ0) is 20.4. The first-order valence-electron chi connectivity index (χ1n) is 9.10. The minimum atomic E-state index is -0.807. The van der Waals surface area contributed by atoms with Gasteiger partial charge in [0.05, 0.1) is 17.7 Å². The number of Topliss-reactive ketones (excluding diaryl/α,β-unsaturated/α-hetero) is 1. The Hall–Kier alpha value is -3.12. The van der Waals surface area contributed by atoms with E-state index in [-0.39, 0.29) is 17.9 Å². The van der Waals surface area contributed by atoms with Gasteiger partial charge in [-0.05, 0) is 24.6 Å². The second-order valence-electron chi connectivity index (χ2n) is 7.15. The van der Waals surface area contributed by atoms with Gasteiger partial charge in [-0.15, -0.1) is 0 Å². The van der Waals surface area contributed by atoms with E-state index in [1.807, 2.05) is 43.3 Å². The fourth-order valence-corrected chi connectivity index (χ4v) is 3.41. The molecule has 1 amide bonds. The van der Waals surface area contributed by atoms with Crippen LogP contribution in [0.5, 0.6) is 0 Å². The van der Waals surface area contributed by atoms with Gasteiger partial charge >= 0.3 is 0 Å². The Morgan fingerprint density at radius 1 is 1.07 bits per heavy atom. The summed E-state index contributed by atoms with van der Waals surface area (Å²) in [7, 11) is 3.84. The lowest BCUT2D eigenvalue weighted by Crippen LogP contribution is -2.35. The second-order valence-corrected chi connectivity index (χ2v) is 7.15. The zero-order valence-electron chi connectivity index (χ0n) is 16.2. The maximum absolute atomic E-state index is 12.8. The summed E-state index contributed by atoms with van der Waals surface area (Å²) < 4.78 is 0. The molecule has 0 bridgehead atoms. The summed E-state index contributed by atoms with van der Waals surface area (Å²) >= 11 is 0. The van der Waals surface area contributed by atoms with Crippen molar-refractivity contribution in [3.63, 3.8) is 0 Å². The molecule has 2 N–H and O–H groups in total. The summed E-state index contributed by atoms with van der Waals surface area (Å²) in [4.78, 5) is 28.7. The highest BCUT2D eigenvalue weighted by atomic mass is 16.3. The third-order valence-electron chi connectivity index (χ3n) is 4.77. The average molecular weight is 380 g/mol. The van der Waals surface area contributed by atoms with Gasteiger partial charge in [-0.1, -0.05) is 42.5 Å². The van der Waals surface area contributed by atoms with E-state index < -0.39 is 23.8 Å². The first-order valence-corrected chi connectivity index (χ1v) is 9.10. The van der Waals surface area contributed by atoms with E-state index in [4.69, 9.17) is 0 Å². The van der Waals surface area contributed by atoms with Crippen LogP contribution in [-0.4, -0.2) is 53.5 Å². The van der Waals surface area contributed by atoms with Gasteiger partial charge in [-0.2, -0.15) is 0 Å². The molecule has 146 valence electrons. The van der Waals surface area contributed by atoms with Crippen LogP contribution in [0.1, 0.15) is 24.1 Å². The molecule has 1 fully saturated rings. The summed E-state index contributed by atoms with van der Waals surface area (Å²) in [6.45, 7) is 1.55. The molecule has 0 unspecified atom stereocenters.